The lowest BCUT2D eigenvalue weighted by Gasteiger charge is -2.56. The first kappa shape index (κ1) is 20.5. The summed E-state index contributed by atoms with van der Waals surface area (Å²) in [5.41, 5.74) is 0.261. The fourth-order valence-electron chi connectivity index (χ4n) is 10.6. The van der Waals surface area contributed by atoms with Crippen LogP contribution in [0.25, 0.3) is 0 Å². The van der Waals surface area contributed by atoms with E-state index in [0.29, 0.717) is 5.92 Å². The van der Waals surface area contributed by atoms with Gasteiger partial charge in [-0.25, -0.2) is 0 Å². The van der Waals surface area contributed by atoms with Gasteiger partial charge in [0.15, 0.2) is 0 Å². The van der Waals surface area contributed by atoms with Crippen molar-refractivity contribution in [2.75, 3.05) is 13.1 Å². The molecule has 4 saturated carbocycles. The Kier molecular flexibility index (Phi) is 4.91. The molecule has 3 heteroatoms. The number of rotatable bonds is 0. The number of hydrogen-bond donors (Lipinski definition) is 2. The highest BCUT2D eigenvalue weighted by atomic mass is 16.3. The van der Waals surface area contributed by atoms with Gasteiger partial charge in [-0.3, -0.25) is 4.90 Å². The predicted octanol–water partition coefficient (Wildman–Crippen LogP) is 4.56. The maximum Gasteiger partial charge on any atom is 0.0577 e. The van der Waals surface area contributed by atoms with Crippen LogP contribution in [0, 0.1) is 58.7 Å². The van der Waals surface area contributed by atoms with Crippen molar-refractivity contribution in [1.29, 1.82) is 0 Å². The van der Waals surface area contributed by atoms with Crippen molar-refractivity contribution in [3.05, 3.63) is 0 Å². The second-order valence-corrected chi connectivity index (χ2v) is 13.1. The minimum Gasteiger partial charge on any atom is -0.393 e. The van der Waals surface area contributed by atoms with Gasteiger partial charge in [-0.1, -0.05) is 20.8 Å². The summed E-state index contributed by atoms with van der Waals surface area (Å²) in [7, 11) is 0. The topological polar surface area (TPSA) is 43.7 Å². The van der Waals surface area contributed by atoms with E-state index in [1.807, 2.05) is 0 Å². The lowest BCUT2D eigenvalue weighted by atomic mass is 9.51. The van der Waals surface area contributed by atoms with Crippen LogP contribution < -0.4 is 0 Å². The summed E-state index contributed by atoms with van der Waals surface area (Å²) in [5.74, 6) is 7.22. The Balaban J connectivity index is 1.28. The highest BCUT2D eigenvalue weighted by Gasteiger charge is 2.62. The lowest BCUT2D eigenvalue weighted by molar-refractivity contribution is -0.130. The van der Waals surface area contributed by atoms with Crippen molar-refractivity contribution in [2.24, 2.45) is 58.7 Å². The zero-order chi connectivity index (χ0) is 20.8. The number of hydrogen-bond acceptors (Lipinski definition) is 3. The van der Waals surface area contributed by atoms with Crippen molar-refractivity contribution in [2.45, 2.75) is 96.8 Å². The highest BCUT2D eigenvalue weighted by molar-refractivity contribution is 5.12. The Morgan fingerprint density at radius 2 is 1.53 bits per heavy atom. The Bertz CT molecular complexity index is 665. The molecule has 6 aliphatic rings. The van der Waals surface area contributed by atoms with Gasteiger partial charge in [0, 0.05) is 19.1 Å². The maximum atomic E-state index is 11.2. The second-order valence-electron chi connectivity index (χ2n) is 13.1. The molecule has 0 unspecified atom stereocenters. The number of piperidine rings is 2. The van der Waals surface area contributed by atoms with Gasteiger partial charge in [0.25, 0.3) is 0 Å². The summed E-state index contributed by atoms with van der Waals surface area (Å²) in [4.78, 5) is 2.92. The summed E-state index contributed by atoms with van der Waals surface area (Å²) < 4.78 is 0. The number of fused-ring (bicyclic) bond motifs is 8. The third-order valence-corrected chi connectivity index (χ3v) is 12.0. The van der Waals surface area contributed by atoms with Gasteiger partial charge >= 0.3 is 0 Å². The minimum absolute atomic E-state index is 0.180. The first-order chi connectivity index (χ1) is 14.4. The third-order valence-electron chi connectivity index (χ3n) is 12.0. The quantitative estimate of drug-likeness (QED) is 0.609. The van der Waals surface area contributed by atoms with E-state index < -0.39 is 0 Å². The van der Waals surface area contributed by atoms with Gasteiger partial charge < -0.3 is 10.2 Å². The maximum absolute atomic E-state index is 11.2. The summed E-state index contributed by atoms with van der Waals surface area (Å²) in [6.07, 6.45) is 10.7. The number of aliphatic hydroxyl groups excluding tert-OH is 2. The van der Waals surface area contributed by atoms with Crippen LogP contribution in [-0.4, -0.2) is 46.5 Å². The van der Waals surface area contributed by atoms with Crippen molar-refractivity contribution in [3.63, 3.8) is 0 Å². The van der Waals surface area contributed by atoms with Crippen molar-refractivity contribution in [1.82, 2.24) is 4.90 Å². The molecule has 4 aliphatic carbocycles. The van der Waals surface area contributed by atoms with E-state index in [1.54, 1.807) is 0 Å². The van der Waals surface area contributed by atoms with Gasteiger partial charge in [0.2, 0.25) is 0 Å². The molecule has 170 valence electrons. The minimum atomic E-state index is -0.181. The van der Waals surface area contributed by atoms with E-state index >= 15 is 0 Å². The average molecular weight is 416 g/mol. The van der Waals surface area contributed by atoms with Crippen LogP contribution in [0.3, 0.4) is 0 Å². The Hall–Kier alpha value is -0.120. The molecule has 0 amide bonds. The zero-order valence-electron chi connectivity index (χ0n) is 19.5. The first-order valence-electron chi connectivity index (χ1n) is 13.5. The standard InChI is InChI=1S/C27H45NO2/c1-15-4-7-25-16(2)18-5-6-19-20(22(18)14-28(25)13-15)11-23-21(19)12-26(30)24-10-17(29)8-9-27(23,24)3/h15-26,29-30H,4-14H2,1-3H3/t15-,16-,17+,18+,19-,20+,21-,22+,23-,24-,25-,26+,27+/m1/s1. The monoisotopic (exact) mass is 415 g/mol. The molecule has 0 aromatic carbocycles. The smallest absolute Gasteiger partial charge is 0.0577 e. The molecule has 2 saturated heterocycles. The van der Waals surface area contributed by atoms with E-state index in [2.05, 4.69) is 25.7 Å². The highest BCUT2D eigenvalue weighted by Crippen LogP contribution is 2.67. The normalized spacial score (nSPS) is 60.7. The zero-order valence-corrected chi connectivity index (χ0v) is 19.5. The van der Waals surface area contributed by atoms with Crippen LogP contribution in [-0.2, 0) is 0 Å². The van der Waals surface area contributed by atoms with Crippen LogP contribution in [0.2, 0.25) is 0 Å². The Morgan fingerprint density at radius 3 is 2.37 bits per heavy atom. The SMILES string of the molecule is C[C@@H]1CC[C@@H]2[C@H](C)[C@@H]3CC[C@@H]4[C@H](C[C@@H]5[C@@H]4C[C@H](O)[C@H]4C[C@@H](O)CC[C@@]54C)[C@H]3CN2C1. The van der Waals surface area contributed by atoms with E-state index in [0.717, 1.165) is 79.1 Å². The van der Waals surface area contributed by atoms with Crippen LogP contribution in [0.15, 0.2) is 0 Å². The summed E-state index contributed by atoms with van der Waals surface area (Å²) in [5, 5.41) is 21.5. The Morgan fingerprint density at radius 1 is 0.733 bits per heavy atom. The summed E-state index contributed by atoms with van der Waals surface area (Å²) in [6, 6.07) is 0.853. The van der Waals surface area contributed by atoms with Gasteiger partial charge in [0.05, 0.1) is 12.2 Å². The van der Waals surface area contributed by atoms with Crippen LogP contribution in [0.5, 0.6) is 0 Å². The molecular formula is C27H45NO2. The molecule has 0 bridgehead atoms. The lowest BCUT2D eigenvalue weighted by Crippen LogP contribution is -2.58. The molecule has 0 spiro atoms. The van der Waals surface area contributed by atoms with Crippen LogP contribution >= 0.6 is 0 Å². The largest absolute Gasteiger partial charge is 0.393 e. The van der Waals surface area contributed by atoms with E-state index in [1.165, 1.54) is 45.2 Å². The number of aliphatic hydroxyl groups is 2. The molecule has 2 heterocycles. The fourth-order valence-corrected chi connectivity index (χ4v) is 10.6. The predicted molar refractivity (Wildman–Crippen MR) is 120 cm³/mol. The molecule has 6 rings (SSSR count). The number of nitrogens with zero attached hydrogens (tertiary/aromatic N) is 1. The molecule has 0 aromatic rings. The van der Waals surface area contributed by atoms with Crippen molar-refractivity contribution >= 4 is 0 Å². The van der Waals surface area contributed by atoms with Crippen molar-refractivity contribution in [3.8, 4) is 0 Å². The van der Waals surface area contributed by atoms with Crippen LogP contribution in [0.1, 0.15) is 78.6 Å². The van der Waals surface area contributed by atoms with E-state index in [4.69, 9.17) is 0 Å². The Labute approximate surface area is 184 Å². The van der Waals surface area contributed by atoms with Gasteiger partial charge in [-0.05, 0) is 116 Å². The molecule has 13 atom stereocenters. The van der Waals surface area contributed by atoms with E-state index in [9.17, 15) is 10.2 Å². The molecule has 30 heavy (non-hydrogen) atoms. The van der Waals surface area contributed by atoms with Gasteiger partial charge in [0.1, 0.15) is 0 Å². The first-order valence-corrected chi connectivity index (χ1v) is 13.5. The molecule has 2 N–H and O–H groups in total. The average Bonchev–Trinajstić information content (AvgIpc) is 3.09. The summed E-state index contributed by atoms with van der Waals surface area (Å²) >= 11 is 0. The second kappa shape index (κ2) is 7.19. The summed E-state index contributed by atoms with van der Waals surface area (Å²) in [6.45, 7) is 10.3. The molecule has 6 fully saturated rings. The molecular weight excluding hydrogens is 370 g/mol. The molecule has 3 nitrogen and oxygen atoms in total. The molecule has 0 aromatic heterocycles. The van der Waals surface area contributed by atoms with E-state index in [-0.39, 0.29) is 17.6 Å². The molecule has 2 aliphatic heterocycles. The van der Waals surface area contributed by atoms with Crippen LogP contribution in [0.4, 0.5) is 0 Å². The van der Waals surface area contributed by atoms with Gasteiger partial charge in [-0.15, -0.1) is 0 Å². The van der Waals surface area contributed by atoms with Gasteiger partial charge in [-0.2, -0.15) is 0 Å². The fraction of sp³-hybridized carbons (Fsp3) is 1.00. The molecule has 0 radical (unpaired) electrons. The third kappa shape index (κ3) is 2.86. The van der Waals surface area contributed by atoms with Crippen molar-refractivity contribution < 1.29 is 10.2 Å².